The van der Waals surface area contributed by atoms with E-state index in [9.17, 15) is 10.2 Å². The van der Waals surface area contributed by atoms with Crippen molar-refractivity contribution in [3.05, 3.63) is 23.3 Å². The summed E-state index contributed by atoms with van der Waals surface area (Å²) in [6, 6.07) is 3.97. The molecule has 3 heteroatoms. The maximum Gasteiger partial charge on any atom is 0.160 e. The normalized spacial score (nSPS) is 39.8. The van der Waals surface area contributed by atoms with Crippen LogP contribution in [0.5, 0.6) is 11.5 Å². The van der Waals surface area contributed by atoms with Crippen LogP contribution in [0, 0.1) is 17.3 Å². The molecule has 0 spiro atoms. The Morgan fingerprint density at radius 3 is 2.86 bits per heavy atom. The largest absolute Gasteiger partial charge is 0.504 e. The van der Waals surface area contributed by atoms with Gasteiger partial charge in [0, 0.05) is 0 Å². The molecule has 3 aliphatic carbocycles. The third-order valence-corrected chi connectivity index (χ3v) is 6.77. The minimum Gasteiger partial charge on any atom is -0.504 e. The number of aliphatic hydroxyl groups is 1. The second kappa shape index (κ2) is 4.89. The fraction of sp³-hybridized carbons (Fsp3) is 0.684. The van der Waals surface area contributed by atoms with Gasteiger partial charge in [-0.3, -0.25) is 0 Å². The lowest BCUT2D eigenvalue weighted by molar-refractivity contribution is 0.0595. The third kappa shape index (κ3) is 1.98. The number of phenolic OH excluding ortho intramolecular Hbond substituents is 1. The topological polar surface area (TPSA) is 49.7 Å². The molecule has 0 aliphatic heterocycles. The zero-order valence-electron chi connectivity index (χ0n) is 13.5. The Morgan fingerprint density at radius 1 is 1.27 bits per heavy atom. The maximum absolute atomic E-state index is 10.2. The van der Waals surface area contributed by atoms with Gasteiger partial charge < -0.3 is 14.9 Å². The number of methoxy groups -OCH3 is 1. The fourth-order valence-corrected chi connectivity index (χ4v) is 5.77. The van der Waals surface area contributed by atoms with Crippen LogP contribution in [-0.2, 0) is 6.42 Å². The van der Waals surface area contributed by atoms with E-state index >= 15 is 0 Å². The SMILES string of the molecule is COc1cc2c(cc1O)CC[C@@H]1[C@@H]2CC[C@]2(C)C[C@H](O)C[C@@H]12. The molecule has 3 aliphatic rings. The zero-order chi connectivity index (χ0) is 15.5. The van der Waals surface area contributed by atoms with E-state index in [0.717, 1.165) is 19.3 Å². The highest BCUT2D eigenvalue weighted by atomic mass is 16.5. The lowest BCUT2D eigenvalue weighted by atomic mass is 9.56. The van der Waals surface area contributed by atoms with E-state index in [0.29, 0.717) is 28.9 Å². The molecule has 5 atom stereocenters. The molecule has 0 bridgehead atoms. The number of phenols is 1. The molecule has 1 aromatic rings. The average molecular weight is 302 g/mol. The lowest BCUT2D eigenvalue weighted by Gasteiger charge is -2.49. The Morgan fingerprint density at radius 2 is 2.09 bits per heavy atom. The predicted molar refractivity (Wildman–Crippen MR) is 85.3 cm³/mol. The first-order valence-corrected chi connectivity index (χ1v) is 8.59. The van der Waals surface area contributed by atoms with Crippen LogP contribution in [-0.4, -0.2) is 23.4 Å². The summed E-state index contributed by atoms with van der Waals surface area (Å²) in [5, 5.41) is 20.2. The summed E-state index contributed by atoms with van der Waals surface area (Å²) in [7, 11) is 1.62. The van der Waals surface area contributed by atoms with Crippen LogP contribution in [0.15, 0.2) is 12.1 Å². The van der Waals surface area contributed by atoms with Crippen molar-refractivity contribution in [2.75, 3.05) is 7.11 Å². The van der Waals surface area contributed by atoms with Gasteiger partial charge in [0.25, 0.3) is 0 Å². The van der Waals surface area contributed by atoms with Gasteiger partial charge in [-0.05, 0) is 85.0 Å². The van der Waals surface area contributed by atoms with Gasteiger partial charge in [-0.15, -0.1) is 0 Å². The molecule has 0 saturated heterocycles. The predicted octanol–water partition coefficient (Wildman–Crippen LogP) is 3.62. The Kier molecular flexibility index (Phi) is 3.19. The van der Waals surface area contributed by atoms with Crippen LogP contribution in [0.2, 0.25) is 0 Å². The Hall–Kier alpha value is -1.22. The molecule has 2 fully saturated rings. The minimum absolute atomic E-state index is 0.107. The summed E-state index contributed by atoms with van der Waals surface area (Å²) >= 11 is 0. The van der Waals surface area contributed by atoms with Gasteiger partial charge in [-0.2, -0.15) is 0 Å². The molecule has 2 N–H and O–H groups in total. The summed E-state index contributed by atoms with van der Waals surface area (Å²) in [6.45, 7) is 2.39. The third-order valence-electron chi connectivity index (χ3n) is 6.77. The molecule has 1 aromatic carbocycles. The highest BCUT2D eigenvalue weighted by molar-refractivity contribution is 5.49. The first kappa shape index (κ1) is 14.4. The van der Waals surface area contributed by atoms with E-state index < -0.39 is 0 Å². The second-order valence-corrected chi connectivity index (χ2v) is 7.92. The summed E-state index contributed by atoms with van der Waals surface area (Å²) in [4.78, 5) is 0. The van der Waals surface area contributed by atoms with Gasteiger partial charge >= 0.3 is 0 Å². The molecule has 0 radical (unpaired) electrons. The van der Waals surface area contributed by atoms with E-state index in [4.69, 9.17) is 4.74 Å². The average Bonchev–Trinajstić information content (AvgIpc) is 2.80. The van der Waals surface area contributed by atoms with Crippen LogP contribution < -0.4 is 4.74 Å². The highest BCUT2D eigenvalue weighted by Crippen LogP contribution is 2.61. The number of aliphatic hydroxyl groups excluding tert-OH is 1. The van der Waals surface area contributed by atoms with Gasteiger partial charge in [0.2, 0.25) is 0 Å². The number of ether oxygens (including phenoxy) is 1. The Bertz CT molecular complexity index is 597. The Balaban J connectivity index is 1.72. The maximum atomic E-state index is 10.2. The number of fused-ring (bicyclic) bond motifs is 5. The summed E-state index contributed by atoms with van der Waals surface area (Å²) < 4.78 is 5.32. The van der Waals surface area contributed by atoms with Crippen molar-refractivity contribution in [1.29, 1.82) is 0 Å². The van der Waals surface area contributed by atoms with Crippen LogP contribution in [0.25, 0.3) is 0 Å². The van der Waals surface area contributed by atoms with Crippen molar-refractivity contribution < 1.29 is 14.9 Å². The Labute approximate surface area is 132 Å². The molecule has 120 valence electrons. The quantitative estimate of drug-likeness (QED) is 0.833. The number of aromatic hydroxyl groups is 1. The van der Waals surface area contributed by atoms with Crippen molar-refractivity contribution in [1.82, 2.24) is 0 Å². The zero-order valence-corrected chi connectivity index (χ0v) is 13.5. The van der Waals surface area contributed by atoms with Crippen LogP contribution in [0.3, 0.4) is 0 Å². The molecule has 0 heterocycles. The minimum atomic E-state index is -0.107. The number of hydrogen-bond acceptors (Lipinski definition) is 3. The number of rotatable bonds is 1. The summed E-state index contributed by atoms with van der Waals surface area (Å²) in [6.07, 6.45) is 6.48. The van der Waals surface area contributed by atoms with Gasteiger partial charge in [-0.1, -0.05) is 6.92 Å². The summed E-state index contributed by atoms with van der Waals surface area (Å²) in [5.41, 5.74) is 3.01. The molecular weight excluding hydrogens is 276 g/mol. The molecule has 22 heavy (non-hydrogen) atoms. The van der Waals surface area contributed by atoms with Gasteiger partial charge in [0.15, 0.2) is 11.5 Å². The van der Waals surface area contributed by atoms with Crippen LogP contribution >= 0.6 is 0 Å². The molecule has 0 aromatic heterocycles. The van der Waals surface area contributed by atoms with E-state index in [2.05, 4.69) is 13.0 Å². The van der Waals surface area contributed by atoms with Gasteiger partial charge in [0.1, 0.15) is 0 Å². The lowest BCUT2D eigenvalue weighted by Crippen LogP contribution is -2.39. The molecule has 3 nitrogen and oxygen atoms in total. The van der Waals surface area contributed by atoms with Crippen molar-refractivity contribution in [2.24, 2.45) is 17.3 Å². The van der Waals surface area contributed by atoms with Crippen molar-refractivity contribution in [3.63, 3.8) is 0 Å². The first-order valence-electron chi connectivity index (χ1n) is 8.59. The standard InChI is InChI=1S/C19H26O3/c1-19-6-5-13-14(16(19)8-12(20)10-19)4-3-11-7-17(21)18(22-2)9-15(11)13/h7,9,12-14,16,20-21H,3-6,8,10H2,1-2H3/t12-,13+,14-,16+,19-/m1/s1. The van der Waals surface area contributed by atoms with E-state index in [1.165, 1.54) is 30.4 Å². The first-order chi connectivity index (χ1) is 10.5. The van der Waals surface area contributed by atoms with E-state index in [1.54, 1.807) is 7.11 Å². The van der Waals surface area contributed by atoms with Crippen molar-refractivity contribution in [3.8, 4) is 11.5 Å². The second-order valence-electron chi connectivity index (χ2n) is 7.92. The van der Waals surface area contributed by atoms with Crippen LogP contribution in [0.1, 0.15) is 56.1 Å². The molecule has 2 saturated carbocycles. The number of benzene rings is 1. The molecule has 4 rings (SSSR count). The molecular formula is C19H26O3. The monoisotopic (exact) mass is 302 g/mol. The van der Waals surface area contributed by atoms with Gasteiger partial charge in [-0.25, -0.2) is 0 Å². The summed E-state index contributed by atoms with van der Waals surface area (Å²) in [5.74, 6) is 2.75. The number of aryl methyl sites for hydroxylation is 1. The smallest absolute Gasteiger partial charge is 0.160 e. The van der Waals surface area contributed by atoms with Crippen LogP contribution in [0.4, 0.5) is 0 Å². The van der Waals surface area contributed by atoms with Crippen molar-refractivity contribution >= 4 is 0 Å². The highest BCUT2D eigenvalue weighted by Gasteiger charge is 2.52. The van der Waals surface area contributed by atoms with Crippen molar-refractivity contribution in [2.45, 2.75) is 57.5 Å². The fourth-order valence-electron chi connectivity index (χ4n) is 5.77. The molecule has 0 amide bonds. The van der Waals surface area contributed by atoms with Gasteiger partial charge in [0.05, 0.1) is 13.2 Å². The molecule has 0 unspecified atom stereocenters. The van der Waals surface area contributed by atoms with E-state index in [-0.39, 0.29) is 11.9 Å². The van der Waals surface area contributed by atoms with E-state index in [1.807, 2.05) is 6.07 Å². The number of hydrogen-bond donors (Lipinski definition) is 2.